The highest BCUT2D eigenvalue weighted by Crippen LogP contribution is 2.30. The predicted molar refractivity (Wildman–Crippen MR) is 84.2 cm³/mol. The molecule has 0 heterocycles. The first-order chi connectivity index (χ1) is 9.50. The van der Waals surface area contributed by atoms with E-state index in [1.54, 1.807) is 14.1 Å². The molecule has 0 aromatic heterocycles. The van der Waals surface area contributed by atoms with Crippen LogP contribution in [0.25, 0.3) is 11.1 Å². The summed E-state index contributed by atoms with van der Waals surface area (Å²) >= 11 is 12.3. The van der Waals surface area contributed by atoms with Crippen LogP contribution in [0, 0.1) is 0 Å². The third-order valence-corrected chi connectivity index (χ3v) is 3.81. The summed E-state index contributed by atoms with van der Waals surface area (Å²) in [6.07, 6.45) is 0. The number of amides is 1. The Bertz CT molecular complexity index is 608. The van der Waals surface area contributed by atoms with Gasteiger partial charge in [0.1, 0.15) is 5.38 Å². The van der Waals surface area contributed by atoms with Crippen molar-refractivity contribution in [1.29, 1.82) is 0 Å². The molecular formula is C16H15Cl2NO. The van der Waals surface area contributed by atoms with Crippen molar-refractivity contribution in [3.63, 3.8) is 0 Å². The van der Waals surface area contributed by atoms with E-state index in [0.717, 1.165) is 16.7 Å². The van der Waals surface area contributed by atoms with Crippen molar-refractivity contribution >= 4 is 29.1 Å². The maximum Gasteiger partial charge on any atom is 0.244 e. The molecule has 104 valence electrons. The lowest BCUT2D eigenvalue weighted by atomic mass is 10.0. The Morgan fingerprint density at radius 1 is 1.05 bits per heavy atom. The van der Waals surface area contributed by atoms with Crippen LogP contribution in [0.4, 0.5) is 0 Å². The van der Waals surface area contributed by atoms with Gasteiger partial charge in [-0.25, -0.2) is 0 Å². The van der Waals surface area contributed by atoms with Gasteiger partial charge in [0.25, 0.3) is 0 Å². The molecular weight excluding hydrogens is 293 g/mol. The normalized spacial score (nSPS) is 12.0. The largest absolute Gasteiger partial charge is 0.347 e. The minimum atomic E-state index is -0.662. The Morgan fingerprint density at radius 2 is 1.65 bits per heavy atom. The van der Waals surface area contributed by atoms with Crippen LogP contribution in [-0.4, -0.2) is 24.9 Å². The molecule has 0 bridgehead atoms. The van der Waals surface area contributed by atoms with Gasteiger partial charge in [-0.3, -0.25) is 4.79 Å². The molecule has 0 fully saturated rings. The second-order valence-corrected chi connectivity index (χ2v) is 5.54. The fraction of sp³-hybridized carbons (Fsp3) is 0.188. The summed E-state index contributed by atoms with van der Waals surface area (Å²) in [4.78, 5) is 13.3. The smallest absolute Gasteiger partial charge is 0.244 e. The molecule has 20 heavy (non-hydrogen) atoms. The van der Waals surface area contributed by atoms with Crippen LogP contribution in [0.3, 0.4) is 0 Å². The van der Waals surface area contributed by atoms with E-state index in [9.17, 15) is 4.79 Å². The van der Waals surface area contributed by atoms with Gasteiger partial charge in [0.05, 0.1) is 0 Å². The Kier molecular flexibility index (Phi) is 4.69. The highest BCUT2D eigenvalue weighted by atomic mass is 35.5. The number of hydrogen-bond acceptors (Lipinski definition) is 1. The van der Waals surface area contributed by atoms with Crippen LogP contribution >= 0.6 is 23.2 Å². The van der Waals surface area contributed by atoms with Crippen molar-refractivity contribution in [2.24, 2.45) is 0 Å². The van der Waals surface area contributed by atoms with Gasteiger partial charge in [-0.2, -0.15) is 0 Å². The minimum absolute atomic E-state index is 0.128. The zero-order chi connectivity index (χ0) is 14.7. The van der Waals surface area contributed by atoms with E-state index in [2.05, 4.69) is 0 Å². The summed E-state index contributed by atoms with van der Waals surface area (Å²) in [7, 11) is 3.38. The van der Waals surface area contributed by atoms with E-state index < -0.39 is 5.38 Å². The first-order valence-electron chi connectivity index (χ1n) is 6.21. The first-order valence-corrected chi connectivity index (χ1v) is 7.02. The van der Waals surface area contributed by atoms with Gasteiger partial charge in [0.15, 0.2) is 0 Å². The molecule has 0 saturated carbocycles. The Balaban J connectivity index is 2.27. The Morgan fingerprint density at radius 3 is 2.20 bits per heavy atom. The molecule has 2 nitrogen and oxygen atoms in total. The molecule has 0 aliphatic rings. The van der Waals surface area contributed by atoms with Crippen LogP contribution in [0.2, 0.25) is 5.02 Å². The van der Waals surface area contributed by atoms with Crippen molar-refractivity contribution in [2.45, 2.75) is 5.38 Å². The number of benzene rings is 2. The van der Waals surface area contributed by atoms with E-state index in [1.165, 1.54) is 4.90 Å². The van der Waals surface area contributed by atoms with Crippen LogP contribution in [0.1, 0.15) is 10.9 Å². The molecule has 2 aromatic carbocycles. The van der Waals surface area contributed by atoms with E-state index in [-0.39, 0.29) is 5.91 Å². The van der Waals surface area contributed by atoms with Crippen molar-refractivity contribution in [3.8, 4) is 11.1 Å². The Hall–Kier alpha value is -1.51. The lowest BCUT2D eigenvalue weighted by molar-refractivity contribution is -0.128. The third kappa shape index (κ3) is 3.14. The lowest BCUT2D eigenvalue weighted by Gasteiger charge is -2.15. The molecule has 0 spiro atoms. The molecule has 0 aliphatic carbocycles. The SMILES string of the molecule is CN(C)C(=O)C(Cl)c1ccc(-c2ccccc2Cl)cc1. The first kappa shape index (κ1) is 14.9. The van der Waals surface area contributed by atoms with Crippen LogP contribution in [0.5, 0.6) is 0 Å². The van der Waals surface area contributed by atoms with Crippen LogP contribution in [-0.2, 0) is 4.79 Å². The predicted octanol–water partition coefficient (Wildman–Crippen LogP) is 4.38. The number of rotatable bonds is 3. The zero-order valence-electron chi connectivity index (χ0n) is 11.3. The average molecular weight is 308 g/mol. The highest BCUT2D eigenvalue weighted by Gasteiger charge is 2.19. The standard InChI is InChI=1S/C16H15Cl2NO/c1-19(2)16(20)15(18)12-9-7-11(8-10-12)13-5-3-4-6-14(13)17/h3-10,15H,1-2H3. The number of carbonyl (C=O) groups excluding carboxylic acids is 1. The number of halogens is 2. The molecule has 1 atom stereocenters. The fourth-order valence-corrected chi connectivity index (χ4v) is 2.48. The highest BCUT2D eigenvalue weighted by molar-refractivity contribution is 6.33. The summed E-state index contributed by atoms with van der Waals surface area (Å²) in [6, 6.07) is 15.2. The van der Waals surface area contributed by atoms with E-state index in [0.29, 0.717) is 5.02 Å². The minimum Gasteiger partial charge on any atom is -0.347 e. The number of nitrogens with zero attached hydrogens (tertiary/aromatic N) is 1. The van der Waals surface area contributed by atoms with Gasteiger partial charge in [-0.05, 0) is 17.2 Å². The van der Waals surface area contributed by atoms with Crippen molar-refractivity contribution in [1.82, 2.24) is 4.90 Å². The van der Waals surface area contributed by atoms with Crippen molar-refractivity contribution in [3.05, 3.63) is 59.1 Å². The fourth-order valence-electron chi connectivity index (χ4n) is 1.90. The van der Waals surface area contributed by atoms with Gasteiger partial charge < -0.3 is 4.90 Å². The summed E-state index contributed by atoms with van der Waals surface area (Å²) in [6.45, 7) is 0. The molecule has 2 rings (SSSR count). The van der Waals surface area contributed by atoms with Crippen LogP contribution < -0.4 is 0 Å². The van der Waals surface area contributed by atoms with Gasteiger partial charge in [-0.15, -0.1) is 11.6 Å². The molecule has 1 unspecified atom stereocenters. The molecule has 4 heteroatoms. The second-order valence-electron chi connectivity index (χ2n) is 4.70. The van der Waals surface area contributed by atoms with Crippen LogP contribution in [0.15, 0.2) is 48.5 Å². The van der Waals surface area contributed by atoms with Gasteiger partial charge in [0, 0.05) is 24.7 Å². The number of carbonyl (C=O) groups is 1. The molecule has 0 saturated heterocycles. The van der Waals surface area contributed by atoms with E-state index in [4.69, 9.17) is 23.2 Å². The zero-order valence-corrected chi connectivity index (χ0v) is 12.8. The maximum absolute atomic E-state index is 11.8. The van der Waals surface area contributed by atoms with E-state index in [1.807, 2.05) is 48.5 Å². The quantitative estimate of drug-likeness (QED) is 0.771. The summed E-state index contributed by atoms with van der Waals surface area (Å²) in [5.41, 5.74) is 2.74. The molecule has 1 amide bonds. The number of alkyl halides is 1. The van der Waals surface area contributed by atoms with E-state index >= 15 is 0 Å². The monoisotopic (exact) mass is 307 g/mol. The third-order valence-electron chi connectivity index (χ3n) is 3.05. The molecule has 2 aromatic rings. The second kappa shape index (κ2) is 6.29. The summed E-state index contributed by atoms with van der Waals surface area (Å²) in [5.74, 6) is -0.128. The van der Waals surface area contributed by atoms with Crippen molar-refractivity contribution < 1.29 is 4.79 Å². The molecule has 0 radical (unpaired) electrons. The summed E-state index contributed by atoms with van der Waals surface area (Å²) in [5, 5.41) is 0.0392. The number of likely N-dealkylation sites (N-methyl/N-ethyl adjacent to an activating group) is 1. The maximum atomic E-state index is 11.8. The molecule has 0 N–H and O–H groups in total. The Labute approximate surface area is 128 Å². The van der Waals surface area contributed by atoms with Gasteiger partial charge in [-0.1, -0.05) is 54.1 Å². The molecule has 0 aliphatic heterocycles. The average Bonchev–Trinajstić information content (AvgIpc) is 2.46. The lowest BCUT2D eigenvalue weighted by Crippen LogP contribution is -2.25. The van der Waals surface area contributed by atoms with Gasteiger partial charge in [0.2, 0.25) is 5.91 Å². The topological polar surface area (TPSA) is 20.3 Å². The number of hydrogen-bond donors (Lipinski definition) is 0. The van der Waals surface area contributed by atoms with Crippen molar-refractivity contribution in [2.75, 3.05) is 14.1 Å². The summed E-state index contributed by atoms with van der Waals surface area (Å²) < 4.78 is 0. The van der Waals surface area contributed by atoms with Gasteiger partial charge >= 0.3 is 0 Å².